The van der Waals surface area contributed by atoms with Crippen LogP contribution in [0.4, 0.5) is 4.39 Å². The number of methoxy groups -OCH3 is 1. The monoisotopic (exact) mass is 398 g/mol. The number of sulfonamides is 1. The van der Waals surface area contributed by atoms with Gasteiger partial charge in [0, 0.05) is 37.1 Å². The van der Waals surface area contributed by atoms with Crippen LogP contribution >= 0.6 is 11.3 Å². The Morgan fingerprint density at radius 2 is 1.85 bits per heavy atom. The number of nitrogens with zero attached hydrogens (tertiary/aromatic N) is 2. The highest BCUT2D eigenvalue weighted by atomic mass is 32.2. The molecule has 26 heavy (non-hydrogen) atoms. The van der Waals surface area contributed by atoms with Gasteiger partial charge in [-0.15, -0.1) is 11.3 Å². The van der Waals surface area contributed by atoms with Crippen molar-refractivity contribution in [1.29, 1.82) is 0 Å². The van der Waals surface area contributed by atoms with E-state index in [0.717, 1.165) is 10.9 Å². The standard InChI is InChI=1S/C17H19FN2O4S2/c1-12-3-6-16(25-12)26(22,23)20-9-7-19(8-10-20)17(21)14-5-4-13(24-2)11-15(14)18/h3-6,11H,7-10H2,1-2H3. The van der Waals surface area contributed by atoms with Gasteiger partial charge in [-0.2, -0.15) is 4.31 Å². The Labute approximate surface area is 155 Å². The number of amides is 1. The largest absolute Gasteiger partial charge is 0.497 e. The summed E-state index contributed by atoms with van der Waals surface area (Å²) in [4.78, 5) is 14.9. The van der Waals surface area contributed by atoms with Crippen LogP contribution < -0.4 is 4.74 Å². The van der Waals surface area contributed by atoms with Crippen LogP contribution in [0.5, 0.6) is 5.75 Å². The average Bonchev–Trinajstić information content (AvgIpc) is 3.08. The molecule has 2 heterocycles. The second kappa shape index (κ2) is 7.34. The Bertz CT molecular complexity index is 919. The molecular weight excluding hydrogens is 379 g/mol. The summed E-state index contributed by atoms with van der Waals surface area (Å²) in [5.74, 6) is -0.770. The number of carbonyl (C=O) groups is 1. The molecule has 6 nitrogen and oxygen atoms in total. The van der Waals surface area contributed by atoms with Gasteiger partial charge in [0.2, 0.25) is 0 Å². The minimum atomic E-state index is -3.55. The van der Waals surface area contributed by atoms with Crippen molar-refractivity contribution in [3.05, 3.63) is 46.6 Å². The van der Waals surface area contributed by atoms with Crippen LogP contribution in [0.3, 0.4) is 0 Å². The van der Waals surface area contributed by atoms with Crippen molar-refractivity contribution in [3.8, 4) is 5.75 Å². The summed E-state index contributed by atoms with van der Waals surface area (Å²) < 4.78 is 46.0. The number of hydrogen-bond acceptors (Lipinski definition) is 5. The fraction of sp³-hybridized carbons (Fsp3) is 0.353. The number of aryl methyl sites for hydroxylation is 1. The van der Waals surface area contributed by atoms with Crippen LogP contribution in [0.2, 0.25) is 0 Å². The first-order valence-corrected chi connectivity index (χ1v) is 10.3. The Morgan fingerprint density at radius 3 is 2.38 bits per heavy atom. The maximum absolute atomic E-state index is 14.1. The number of thiophene rings is 1. The Balaban J connectivity index is 1.69. The normalized spacial score (nSPS) is 15.9. The number of halogens is 1. The first kappa shape index (κ1) is 18.8. The zero-order chi connectivity index (χ0) is 18.9. The van der Waals surface area contributed by atoms with Crippen LogP contribution in [-0.4, -0.2) is 56.8 Å². The summed E-state index contributed by atoms with van der Waals surface area (Å²) >= 11 is 1.23. The number of ether oxygens (including phenoxy) is 1. The average molecular weight is 398 g/mol. The highest BCUT2D eigenvalue weighted by Crippen LogP contribution is 2.25. The van der Waals surface area contributed by atoms with E-state index in [1.165, 1.54) is 39.8 Å². The van der Waals surface area contributed by atoms with Crippen molar-refractivity contribution < 1.29 is 22.3 Å². The molecule has 0 atom stereocenters. The number of benzene rings is 1. The zero-order valence-electron chi connectivity index (χ0n) is 14.4. The van der Waals surface area contributed by atoms with Crippen molar-refractivity contribution >= 4 is 27.3 Å². The smallest absolute Gasteiger partial charge is 0.256 e. The van der Waals surface area contributed by atoms with Crippen LogP contribution in [0.1, 0.15) is 15.2 Å². The molecule has 0 bridgehead atoms. The Kier molecular flexibility index (Phi) is 5.31. The molecule has 1 saturated heterocycles. The topological polar surface area (TPSA) is 66.9 Å². The van der Waals surface area contributed by atoms with E-state index >= 15 is 0 Å². The lowest BCUT2D eigenvalue weighted by Gasteiger charge is -2.33. The van der Waals surface area contributed by atoms with Gasteiger partial charge in [-0.05, 0) is 31.2 Å². The molecule has 1 aliphatic heterocycles. The van der Waals surface area contributed by atoms with Crippen molar-refractivity contribution in [3.63, 3.8) is 0 Å². The molecule has 1 amide bonds. The molecular formula is C17H19FN2O4S2. The molecule has 0 radical (unpaired) electrons. The number of carbonyl (C=O) groups excluding carboxylic acids is 1. The third-order valence-corrected chi connectivity index (χ3v) is 7.61. The third-order valence-electron chi connectivity index (χ3n) is 4.24. The number of rotatable bonds is 4. The van der Waals surface area contributed by atoms with Gasteiger partial charge in [-0.1, -0.05) is 0 Å². The first-order valence-electron chi connectivity index (χ1n) is 8.02. The lowest BCUT2D eigenvalue weighted by Crippen LogP contribution is -2.50. The summed E-state index contributed by atoms with van der Waals surface area (Å²) in [6.45, 7) is 2.65. The summed E-state index contributed by atoms with van der Waals surface area (Å²) in [7, 11) is -2.13. The predicted octanol–water partition coefficient (Wildman–Crippen LogP) is 2.35. The van der Waals surface area contributed by atoms with E-state index in [1.54, 1.807) is 12.1 Å². The molecule has 3 rings (SSSR count). The minimum absolute atomic E-state index is 0.0454. The van der Waals surface area contributed by atoms with E-state index in [-0.39, 0.29) is 31.7 Å². The molecule has 0 N–H and O–H groups in total. The molecule has 9 heteroatoms. The Morgan fingerprint density at radius 1 is 1.15 bits per heavy atom. The molecule has 0 spiro atoms. The summed E-state index contributed by atoms with van der Waals surface area (Å²) in [6.07, 6.45) is 0. The minimum Gasteiger partial charge on any atom is -0.497 e. The summed E-state index contributed by atoms with van der Waals surface area (Å²) in [6, 6.07) is 7.43. The molecule has 1 aliphatic rings. The highest BCUT2D eigenvalue weighted by molar-refractivity contribution is 7.91. The van der Waals surface area contributed by atoms with E-state index in [2.05, 4.69) is 0 Å². The fourth-order valence-electron chi connectivity index (χ4n) is 2.78. The molecule has 0 saturated carbocycles. The molecule has 0 aliphatic carbocycles. The Hall–Kier alpha value is -1.97. The fourth-order valence-corrected chi connectivity index (χ4v) is 5.64. The molecule has 1 aromatic heterocycles. The van der Waals surface area contributed by atoms with E-state index in [0.29, 0.717) is 9.96 Å². The van der Waals surface area contributed by atoms with Gasteiger partial charge >= 0.3 is 0 Å². The summed E-state index contributed by atoms with van der Waals surface area (Å²) in [5.41, 5.74) is -0.0454. The second-order valence-corrected chi connectivity index (χ2v) is 9.36. The molecule has 1 fully saturated rings. The van der Waals surface area contributed by atoms with Gasteiger partial charge in [0.15, 0.2) is 0 Å². The number of piperazine rings is 1. The predicted molar refractivity (Wildman–Crippen MR) is 96.7 cm³/mol. The van der Waals surface area contributed by atoms with Crippen molar-refractivity contribution in [1.82, 2.24) is 9.21 Å². The molecule has 140 valence electrons. The maximum atomic E-state index is 14.1. The van der Waals surface area contributed by atoms with Crippen molar-refractivity contribution in [2.75, 3.05) is 33.3 Å². The van der Waals surface area contributed by atoms with Crippen LogP contribution in [0, 0.1) is 12.7 Å². The number of hydrogen-bond donors (Lipinski definition) is 0. The lowest BCUT2D eigenvalue weighted by molar-refractivity contribution is 0.0693. The second-order valence-electron chi connectivity index (χ2n) is 5.91. The lowest BCUT2D eigenvalue weighted by atomic mass is 10.1. The van der Waals surface area contributed by atoms with Gasteiger partial charge in [0.25, 0.3) is 15.9 Å². The SMILES string of the molecule is COc1ccc(C(=O)N2CCN(S(=O)(=O)c3ccc(C)s3)CC2)c(F)c1. The van der Waals surface area contributed by atoms with Crippen LogP contribution in [-0.2, 0) is 10.0 Å². The quantitative estimate of drug-likeness (QED) is 0.793. The van der Waals surface area contributed by atoms with Crippen LogP contribution in [0.15, 0.2) is 34.5 Å². The molecule has 2 aromatic rings. The summed E-state index contributed by atoms with van der Waals surface area (Å²) in [5, 5.41) is 0. The van der Waals surface area contributed by atoms with Crippen molar-refractivity contribution in [2.24, 2.45) is 0 Å². The van der Waals surface area contributed by atoms with Gasteiger partial charge in [-0.3, -0.25) is 4.79 Å². The van der Waals surface area contributed by atoms with Gasteiger partial charge in [0.05, 0.1) is 12.7 Å². The zero-order valence-corrected chi connectivity index (χ0v) is 16.1. The molecule has 1 aromatic carbocycles. The highest BCUT2D eigenvalue weighted by Gasteiger charge is 2.31. The van der Waals surface area contributed by atoms with E-state index in [9.17, 15) is 17.6 Å². The van der Waals surface area contributed by atoms with Gasteiger partial charge < -0.3 is 9.64 Å². The van der Waals surface area contributed by atoms with E-state index in [4.69, 9.17) is 4.74 Å². The third kappa shape index (κ3) is 3.60. The van der Waals surface area contributed by atoms with E-state index < -0.39 is 21.7 Å². The first-order chi connectivity index (χ1) is 12.3. The molecule has 0 unspecified atom stereocenters. The van der Waals surface area contributed by atoms with Gasteiger partial charge in [0.1, 0.15) is 15.8 Å². The van der Waals surface area contributed by atoms with Gasteiger partial charge in [-0.25, -0.2) is 12.8 Å². The maximum Gasteiger partial charge on any atom is 0.256 e. The van der Waals surface area contributed by atoms with E-state index in [1.807, 2.05) is 6.92 Å². The van der Waals surface area contributed by atoms with Crippen molar-refractivity contribution in [2.45, 2.75) is 11.1 Å². The van der Waals surface area contributed by atoms with Crippen LogP contribution in [0.25, 0.3) is 0 Å².